The van der Waals surface area contributed by atoms with Crippen LogP contribution in [0, 0.1) is 0 Å². The van der Waals surface area contributed by atoms with Gasteiger partial charge in [-0.1, -0.05) is 6.92 Å². The monoisotopic (exact) mass is 380 g/mol. The number of hydrogen-bond acceptors (Lipinski definition) is 6. The average molecular weight is 381 g/mol. The minimum atomic E-state index is -3.57. The number of rotatable bonds is 4. The predicted octanol–water partition coefficient (Wildman–Crippen LogP) is 0.0801. The second kappa shape index (κ2) is 6.83. The van der Waals surface area contributed by atoms with E-state index in [0.717, 1.165) is 38.9 Å². The molecule has 7 nitrogen and oxygen atoms in total. The van der Waals surface area contributed by atoms with E-state index in [1.54, 1.807) is 0 Å². The molecule has 3 fully saturated rings. The summed E-state index contributed by atoms with van der Waals surface area (Å²) in [6.07, 6.45) is 3.01. The lowest BCUT2D eigenvalue weighted by molar-refractivity contribution is -0.119. The second-order valence-corrected chi connectivity index (χ2v) is 11.7. The fourth-order valence-corrected chi connectivity index (χ4v) is 8.62. The molecule has 0 radical (unpaired) electrons. The fraction of sp³-hybridized carbons (Fsp3) is 1.00. The van der Waals surface area contributed by atoms with Crippen molar-refractivity contribution in [1.29, 1.82) is 0 Å². The Balaban J connectivity index is 1.67. The van der Waals surface area contributed by atoms with Gasteiger partial charge in [0.2, 0.25) is 10.0 Å². The summed E-state index contributed by atoms with van der Waals surface area (Å²) in [5.74, 6) is -0.248. The maximum atomic E-state index is 12.9. The Labute approximate surface area is 145 Å². The molecule has 3 saturated heterocycles. The highest BCUT2D eigenvalue weighted by atomic mass is 32.2. The lowest BCUT2D eigenvalue weighted by Gasteiger charge is -2.47. The van der Waals surface area contributed by atoms with Gasteiger partial charge in [-0.15, -0.1) is 0 Å². The summed E-state index contributed by atoms with van der Waals surface area (Å²) in [4.78, 5) is 2.39. The minimum Gasteiger partial charge on any atom is -0.372 e. The first-order chi connectivity index (χ1) is 11.3. The van der Waals surface area contributed by atoms with Gasteiger partial charge < -0.3 is 9.64 Å². The maximum absolute atomic E-state index is 12.9. The van der Waals surface area contributed by atoms with Crippen LogP contribution < -0.4 is 0 Å². The van der Waals surface area contributed by atoms with Crippen LogP contribution in [0.3, 0.4) is 0 Å². The predicted molar refractivity (Wildman–Crippen MR) is 92.2 cm³/mol. The molecular weight excluding hydrogens is 352 g/mol. The first-order valence-corrected chi connectivity index (χ1v) is 12.1. The van der Waals surface area contributed by atoms with Crippen molar-refractivity contribution in [2.75, 3.05) is 50.8 Å². The minimum absolute atomic E-state index is 0.0155. The van der Waals surface area contributed by atoms with Crippen LogP contribution >= 0.6 is 0 Å². The first kappa shape index (κ1) is 18.6. The zero-order valence-electron chi connectivity index (χ0n) is 14.3. The van der Waals surface area contributed by atoms with Crippen molar-refractivity contribution in [3.63, 3.8) is 0 Å². The van der Waals surface area contributed by atoms with Crippen molar-refractivity contribution in [3.05, 3.63) is 0 Å². The van der Waals surface area contributed by atoms with Gasteiger partial charge in [0.15, 0.2) is 9.84 Å². The Bertz CT molecular complexity index is 653. The molecule has 1 spiro atoms. The molecule has 0 bridgehead atoms. The number of hydrogen-bond donors (Lipinski definition) is 0. The summed E-state index contributed by atoms with van der Waals surface area (Å²) in [6.45, 7) is 6.18. The van der Waals surface area contributed by atoms with E-state index in [-0.39, 0.29) is 17.9 Å². The van der Waals surface area contributed by atoms with E-state index in [0.29, 0.717) is 19.7 Å². The normalized spacial score (nSPS) is 31.5. The molecule has 0 aromatic heterocycles. The topological polar surface area (TPSA) is 84.0 Å². The summed E-state index contributed by atoms with van der Waals surface area (Å²) >= 11 is 0. The van der Waals surface area contributed by atoms with Gasteiger partial charge >= 0.3 is 0 Å². The van der Waals surface area contributed by atoms with Crippen molar-refractivity contribution < 1.29 is 21.6 Å². The van der Waals surface area contributed by atoms with E-state index >= 15 is 0 Å². The van der Waals surface area contributed by atoms with Crippen LogP contribution in [-0.4, -0.2) is 87.7 Å². The Morgan fingerprint density at radius 2 is 1.92 bits per heavy atom. The van der Waals surface area contributed by atoms with Crippen LogP contribution in [0.4, 0.5) is 0 Å². The first-order valence-electron chi connectivity index (χ1n) is 8.82. The molecule has 24 heavy (non-hydrogen) atoms. The van der Waals surface area contributed by atoms with Gasteiger partial charge in [-0.2, -0.15) is 4.31 Å². The second-order valence-electron chi connectivity index (χ2n) is 7.28. The van der Waals surface area contributed by atoms with E-state index in [2.05, 4.69) is 11.8 Å². The molecule has 3 aliphatic rings. The van der Waals surface area contributed by atoms with Gasteiger partial charge in [-0.05, 0) is 32.2 Å². The standard InChI is InChI=1S/C15H28N2O5S2/c1-2-6-16-7-4-15(5-8-16)13-17(9-10-22-15)24(20,21)14-3-11-23(18,19)12-14/h14H,2-13H2,1H3. The van der Waals surface area contributed by atoms with Crippen LogP contribution in [0.15, 0.2) is 0 Å². The number of likely N-dealkylation sites (tertiary alicyclic amines) is 1. The number of sulfonamides is 1. The smallest absolute Gasteiger partial charge is 0.218 e. The van der Waals surface area contributed by atoms with Crippen LogP contribution in [0.25, 0.3) is 0 Å². The molecular formula is C15H28N2O5S2. The maximum Gasteiger partial charge on any atom is 0.218 e. The van der Waals surface area contributed by atoms with E-state index in [9.17, 15) is 16.8 Å². The molecule has 0 aromatic carbocycles. The number of morpholine rings is 1. The van der Waals surface area contributed by atoms with E-state index in [1.807, 2.05) is 0 Å². The van der Waals surface area contributed by atoms with Crippen molar-refractivity contribution in [2.24, 2.45) is 0 Å². The average Bonchev–Trinajstić information content (AvgIpc) is 2.91. The Hall–Kier alpha value is -0.220. The van der Waals surface area contributed by atoms with Gasteiger partial charge in [0.1, 0.15) is 0 Å². The van der Waals surface area contributed by atoms with Crippen molar-refractivity contribution in [3.8, 4) is 0 Å². The van der Waals surface area contributed by atoms with Crippen LogP contribution in [0.2, 0.25) is 0 Å². The largest absolute Gasteiger partial charge is 0.372 e. The third kappa shape index (κ3) is 3.80. The molecule has 0 saturated carbocycles. The Morgan fingerprint density at radius 3 is 2.50 bits per heavy atom. The summed E-state index contributed by atoms with van der Waals surface area (Å²) in [6, 6.07) is 0. The number of sulfone groups is 1. The SMILES string of the molecule is CCCN1CCC2(CC1)CN(S(=O)(=O)C1CCS(=O)(=O)C1)CCO2. The van der Waals surface area contributed by atoms with E-state index in [1.165, 1.54) is 4.31 Å². The highest BCUT2D eigenvalue weighted by Crippen LogP contribution is 2.33. The third-order valence-electron chi connectivity index (χ3n) is 5.49. The third-order valence-corrected chi connectivity index (χ3v) is 9.75. The molecule has 1 unspecified atom stereocenters. The quantitative estimate of drug-likeness (QED) is 0.687. The lowest BCUT2D eigenvalue weighted by Crippen LogP contribution is -2.59. The van der Waals surface area contributed by atoms with Gasteiger partial charge in [-0.3, -0.25) is 0 Å². The number of nitrogens with zero attached hydrogens (tertiary/aromatic N) is 2. The molecule has 140 valence electrons. The molecule has 1 atom stereocenters. The summed E-state index contributed by atoms with van der Waals surface area (Å²) in [5.41, 5.74) is -0.396. The summed E-state index contributed by atoms with van der Waals surface area (Å²) in [5, 5.41) is -0.780. The van der Waals surface area contributed by atoms with E-state index < -0.39 is 30.7 Å². The molecule has 3 aliphatic heterocycles. The van der Waals surface area contributed by atoms with Crippen molar-refractivity contribution >= 4 is 19.9 Å². The highest BCUT2D eigenvalue weighted by molar-refractivity contribution is 7.95. The zero-order chi connectivity index (χ0) is 17.4. The van der Waals surface area contributed by atoms with Crippen LogP contribution in [0.5, 0.6) is 0 Å². The summed E-state index contributed by atoms with van der Waals surface area (Å²) in [7, 11) is -6.78. The summed E-state index contributed by atoms with van der Waals surface area (Å²) < 4.78 is 56.5. The molecule has 0 aromatic rings. The zero-order valence-corrected chi connectivity index (χ0v) is 15.9. The fourth-order valence-electron chi connectivity index (χ4n) is 4.04. The van der Waals surface area contributed by atoms with E-state index in [4.69, 9.17) is 4.74 Å². The number of piperidine rings is 1. The van der Waals surface area contributed by atoms with Crippen molar-refractivity contribution in [1.82, 2.24) is 9.21 Å². The van der Waals surface area contributed by atoms with Gasteiger partial charge in [0.25, 0.3) is 0 Å². The highest BCUT2D eigenvalue weighted by Gasteiger charge is 2.46. The molecule has 0 N–H and O–H groups in total. The van der Waals surface area contributed by atoms with Crippen molar-refractivity contribution in [2.45, 2.75) is 43.5 Å². The van der Waals surface area contributed by atoms with Crippen LogP contribution in [0.1, 0.15) is 32.6 Å². The Kier molecular flexibility index (Phi) is 5.28. The van der Waals surface area contributed by atoms with Gasteiger partial charge in [0, 0.05) is 26.2 Å². The Morgan fingerprint density at radius 1 is 1.21 bits per heavy atom. The van der Waals surface area contributed by atoms with Gasteiger partial charge in [0.05, 0.1) is 29.0 Å². The molecule has 9 heteroatoms. The molecule has 3 rings (SSSR count). The number of ether oxygens (including phenoxy) is 1. The lowest BCUT2D eigenvalue weighted by atomic mass is 9.90. The van der Waals surface area contributed by atoms with Gasteiger partial charge in [-0.25, -0.2) is 16.8 Å². The molecule has 0 aliphatic carbocycles. The molecule has 0 amide bonds. The van der Waals surface area contributed by atoms with Crippen LogP contribution in [-0.2, 0) is 24.6 Å². The molecule has 3 heterocycles.